The molecule has 5 heteroatoms. The SMILES string of the molecule is CC1(C)CCC(NC(=O)Cn2cc(N)ccc2=O)C1. The number of pyridine rings is 1. The van der Waals surface area contributed by atoms with Crippen LogP contribution in [0, 0.1) is 5.41 Å². The van der Waals surface area contributed by atoms with E-state index in [2.05, 4.69) is 19.2 Å². The molecule has 1 aliphatic rings. The third-order valence-corrected chi connectivity index (χ3v) is 3.65. The Morgan fingerprint density at radius 3 is 2.89 bits per heavy atom. The lowest BCUT2D eigenvalue weighted by Gasteiger charge is -2.18. The summed E-state index contributed by atoms with van der Waals surface area (Å²) in [5, 5.41) is 2.99. The molecule has 1 aromatic rings. The van der Waals surface area contributed by atoms with Gasteiger partial charge in [0.05, 0.1) is 0 Å². The molecule has 0 spiro atoms. The number of hydrogen-bond donors (Lipinski definition) is 2. The van der Waals surface area contributed by atoms with Gasteiger partial charge >= 0.3 is 0 Å². The summed E-state index contributed by atoms with van der Waals surface area (Å²) >= 11 is 0. The van der Waals surface area contributed by atoms with Gasteiger partial charge in [-0.25, -0.2) is 0 Å². The van der Waals surface area contributed by atoms with Gasteiger partial charge in [0, 0.05) is 24.0 Å². The minimum Gasteiger partial charge on any atom is -0.398 e. The Morgan fingerprint density at radius 2 is 2.26 bits per heavy atom. The summed E-state index contributed by atoms with van der Waals surface area (Å²) < 4.78 is 1.34. The van der Waals surface area contributed by atoms with Crippen molar-refractivity contribution >= 4 is 11.6 Å². The summed E-state index contributed by atoms with van der Waals surface area (Å²) in [7, 11) is 0. The number of nitrogens with one attached hydrogen (secondary N) is 1. The molecule has 1 aromatic heterocycles. The molecule has 19 heavy (non-hydrogen) atoms. The molecular weight excluding hydrogens is 242 g/mol. The highest BCUT2D eigenvalue weighted by molar-refractivity contribution is 5.76. The van der Waals surface area contributed by atoms with Gasteiger partial charge in [-0.05, 0) is 30.7 Å². The molecule has 1 amide bonds. The largest absolute Gasteiger partial charge is 0.398 e. The summed E-state index contributed by atoms with van der Waals surface area (Å²) in [6.07, 6.45) is 4.62. The van der Waals surface area contributed by atoms with Gasteiger partial charge < -0.3 is 15.6 Å². The summed E-state index contributed by atoms with van der Waals surface area (Å²) in [6, 6.07) is 3.14. The van der Waals surface area contributed by atoms with E-state index in [1.54, 1.807) is 0 Å². The van der Waals surface area contributed by atoms with Gasteiger partial charge in [0.2, 0.25) is 5.91 Å². The van der Waals surface area contributed by atoms with Crippen LogP contribution in [-0.4, -0.2) is 16.5 Å². The van der Waals surface area contributed by atoms with Crippen molar-refractivity contribution < 1.29 is 4.79 Å². The van der Waals surface area contributed by atoms with Gasteiger partial charge in [0.25, 0.3) is 5.56 Å². The molecule has 1 aliphatic carbocycles. The summed E-state index contributed by atoms with van der Waals surface area (Å²) in [4.78, 5) is 23.5. The first-order chi connectivity index (χ1) is 8.85. The van der Waals surface area contributed by atoms with E-state index >= 15 is 0 Å². The van der Waals surface area contributed by atoms with Crippen molar-refractivity contribution in [1.29, 1.82) is 0 Å². The van der Waals surface area contributed by atoms with E-state index in [9.17, 15) is 9.59 Å². The summed E-state index contributed by atoms with van der Waals surface area (Å²) in [6.45, 7) is 4.45. The fourth-order valence-corrected chi connectivity index (χ4v) is 2.66. The molecule has 2 rings (SSSR count). The fourth-order valence-electron chi connectivity index (χ4n) is 2.66. The average Bonchev–Trinajstić information content (AvgIpc) is 2.63. The minimum atomic E-state index is -0.212. The Balaban J connectivity index is 1.95. The van der Waals surface area contributed by atoms with E-state index in [0.717, 1.165) is 19.3 Å². The molecule has 1 fully saturated rings. The second-order valence-corrected chi connectivity index (χ2v) is 6.10. The van der Waals surface area contributed by atoms with Crippen LogP contribution in [0.2, 0.25) is 0 Å². The van der Waals surface area contributed by atoms with Gasteiger partial charge in [0.1, 0.15) is 6.54 Å². The molecule has 5 nitrogen and oxygen atoms in total. The van der Waals surface area contributed by atoms with Crippen LogP contribution in [0.15, 0.2) is 23.1 Å². The lowest BCUT2D eigenvalue weighted by atomic mass is 9.92. The number of aromatic nitrogens is 1. The molecule has 0 bridgehead atoms. The molecule has 1 heterocycles. The molecule has 1 unspecified atom stereocenters. The number of anilines is 1. The fraction of sp³-hybridized carbons (Fsp3) is 0.571. The molecule has 104 valence electrons. The molecule has 1 atom stereocenters. The summed E-state index contributed by atoms with van der Waals surface area (Å²) in [5.41, 5.74) is 6.18. The van der Waals surface area contributed by atoms with E-state index in [0.29, 0.717) is 11.1 Å². The van der Waals surface area contributed by atoms with E-state index in [1.165, 1.54) is 22.9 Å². The van der Waals surface area contributed by atoms with E-state index in [1.807, 2.05) is 0 Å². The topological polar surface area (TPSA) is 77.1 Å². The third kappa shape index (κ3) is 3.59. The van der Waals surface area contributed by atoms with E-state index in [-0.39, 0.29) is 24.1 Å². The van der Waals surface area contributed by atoms with Crippen LogP contribution in [0.4, 0.5) is 5.69 Å². The number of nitrogens with two attached hydrogens (primary N) is 1. The number of nitrogens with zero attached hydrogens (tertiary/aromatic N) is 1. The molecular formula is C14H21N3O2. The number of carbonyl (C=O) groups excluding carboxylic acids is 1. The third-order valence-electron chi connectivity index (χ3n) is 3.65. The normalized spacial score (nSPS) is 21.3. The first kappa shape index (κ1) is 13.6. The molecule has 0 radical (unpaired) electrons. The van der Waals surface area contributed by atoms with Crippen molar-refractivity contribution in [2.24, 2.45) is 5.41 Å². The maximum atomic E-state index is 11.9. The number of rotatable bonds is 3. The van der Waals surface area contributed by atoms with Gasteiger partial charge in [-0.1, -0.05) is 13.8 Å². The van der Waals surface area contributed by atoms with Crippen LogP contribution in [-0.2, 0) is 11.3 Å². The lowest BCUT2D eigenvalue weighted by molar-refractivity contribution is -0.122. The summed E-state index contributed by atoms with van der Waals surface area (Å²) in [5.74, 6) is -0.129. The highest BCUT2D eigenvalue weighted by atomic mass is 16.2. The van der Waals surface area contributed by atoms with Gasteiger partial charge in [-0.3, -0.25) is 9.59 Å². The maximum Gasteiger partial charge on any atom is 0.251 e. The van der Waals surface area contributed by atoms with Gasteiger partial charge in [-0.15, -0.1) is 0 Å². The van der Waals surface area contributed by atoms with E-state index < -0.39 is 0 Å². The van der Waals surface area contributed by atoms with Crippen molar-refractivity contribution in [1.82, 2.24) is 9.88 Å². The van der Waals surface area contributed by atoms with Crippen LogP contribution in [0.3, 0.4) is 0 Å². The van der Waals surface area contributed by atoms with Crippen molar-refractivity contribution in [3.63, 3.8) is 0 Å². The van der Waals surface area contributed by atoms with Crippen molar-refractivity contribution in [2.45, 2.75) is 45.7 Å². The zero-order valence-electron chi connectivity index (χ0n) is 11.5. The quantitative estimate of drug-likeness (QED) is 0.858. The highest BCUT2D eigenvalue weighted by Gasteiger charge is 2.31. The Kier molecular flexibility index (Phi) is 3.64. The molecule has 0 saturated heterocycles. The van der Waals surface area contributed by atoms with E-state index in [4.69, 9.17) is 5.73 Å². The lowest BCUT2D eigenvalue weighted by Crippen LogP contribution is -2.37. The zero-order chi connectivity index (χ0) is 14.0. The number of hydrogen-bond acceptors (Lipinski definition) is 3. The molecule has 1 saturated carbocycles. The standard InChI is InChI=1S/C14H21N3O2/c1-14(2)6-5-11(7-14)16-12(18)9-17-8-10(15)3-4-13(17)19/h3-4,8,11H,5-7,9,15H2,1-2H3,(H,16,18). The molecule has 3 N–H and O–H groups in total. The monoisotopic (exact) mass is 263 g/mol. The second kappa shape index (κ2) is 5.07. The second-order valence-electron chi connectivity index (χ2n) is 6.10. The maximum absolute atomic E-state index is 11.9. The Labute approximate surface area is 112 Å². The Hall–Kier alpha value is -1.78. The number of carbonyl (C=O) groups is 1. The number of nitrogen functional groups attached to an aromatic ring is 1. The predicted octanol–water partition coefficient (Wildman–Crippen LogP) is 1.13. The van der Waals surface area contributed by atoms with Crippen molar-refractivity contribution in [2.75, 3.05) is 5.73 Å². The molecule has 0 aromatic carbocycles. The van der Waals surface area contributed by atoms with Crippen LogP contribution >= 0.6 is 0 Å². The van der Waals surface area contributed by atoms with Crippen LogP contribution in [0.5, 0.6) is 0 Å². The first-order valence-corrected chi connectivity index (χ1v) is 6.61. The Bertz CT molecular complexity index is 534. The van der Waals surface area contributed by atoms with Crippen LogP contribution in [0.25, 0.3) is 0 Å². The van der Waals surface area contributed by atoms with Crippen LogP contribution < -0.4 is 16.6 Å². The number of amides is 1. The predicted molar refractivity (Wildman–Crippen MR) is 74.7 cm³/mol. The average molecular weight is 263 g/mol. The van der Waals surface area contributed by atoms with Crippen molar-refractivity contribution in [3.8, 4) is 0 Å². The minimum absolute atomic E-state index is 0.0286. The zero-order valence-corrected chi connectivity index (χ0v) is 11.5. The first-order valence-electron chi connectivity index (χ1n) is 6.61. The highest BCUT2D eigenvalue weighted by Crippen LogP contribution is 2.36. The smallest absolute Gasteiger partial charge is 0.251 e. The van der Waals surface area contributed by atoms with Crippen molar-refractivity contribution in [3.05, 3.63) is 28.7 Å². The van der Waals surface area contributed by atoms with Crippen LogP contribution in [0.1, 0.15) is 33.1 Å². The van der Waals surface area contributed by atoms with Gasteiger partial charge in [0.15, 0.2) is 0 Å². The molecule has 0 aliphatic heterocycles. The van der Waals surface area contributed by atoms with Gasteiger partial charge in [-0.2, -0.15) is 0 Å². The Morgan fingerprint density at radius 1 is 1.53 bits per heavy atom.